The number of carbonyl (C=O) groups is 2. The minimum absolute atomic E-state index is 0.166. The van der Waals surface area contributed by atoms with Gasteiger partial charge >= 0.3 is 11.9 Å². The van der Waals surface area contributed by atoms with Gasteiger partial charge in [-0.2, -0.15) is 0 Å². The van der Waals surface area contributed by atoms with E-state index in [9.17, 15) is 9.59 Å². The predicted molar refractivity (Wildman–Crippen MR) is 111 cm³/mol. The second-order valence-electron chi connectivity index (χ2n) is 6.31. The number of methoxy groups -OCH3 is 1. The van der Waals surface area contributed by atoms with Crippen LogP contribution in [0.25, 0.3) is 6.08 Å². The zero-order chi connectivity index (χ0) is 21.3. The van der Waals surface area contributed by atoms with Gasteiger partial charge in [-0.1, -0.05) is 17.9 Å². The minimum Gasteiger partial charge on any atom is -0.493 e. The van der Waals surface area contributed by atoms with E-state index in [-0.39, 0.29) is 12.6 Å². The summed E-state index contributed by atoms with van der Waals surface area (Å²) in [5, 5.41) is 8.84. The van der Waals surface area contributed by atoms with Gasteiger partial charge in [0.1, 0.15) is 5.75 Å². The van der Waals surface area contributed by atoms with E-state index in [1.165, 1.54) is 20.1 Å². The summed E-state index contributed by atoms with van der Waals surface area (Å²) in [4.78, 5) is 22.2. The molecule has 0 saturated heterocycles. The van der Waals surface area contributed by atoms with Crippen LogP contribution in [0, 0.1) is 11.8 Å². The molecule has 0 heterocycles. The van der Waals surface area contributed by atoms with E-state index in [0.717, 1.165) is 43.2 Å². The molecule has 29 heavy (non-hydrogen) atoms. The number of benzene rings is 1. The van der Waals surface area contributed by atoms with Gasteiger partial charge in [-0.15, -0.1) is 0 Å². The lowest BCUT2D eigenvalue weighted by Crippen LogP contribution is -2.03. The summed E-state index contributed by atoms with van der Waals surface area (Å²) in [6.45, 7) is 2.49. The second-order valence-corrected chi connectivity index (χ2v) is 6.31. The molecule has 0 unspecified atom stereocenters. The number of carbonyl (C=O) groups excluding carboxylic acids is 2. The van der Waals surface area contributed by atoms with Gasteiger partial charge in [-0.25, -0.2) is 4.79 Å². The molecule has 1 rings (SSSR count). The Morgan fingerprint density at radius 3 is 2.62 bits per heavy atom. The van der Waals surface area contributed by atoms with Crippen molar-refractivity contribution in [1.29, 1.82) is 0 Å². The second kappa shape index (κ2) is 15.2. The Kier molecular flexibility index (Phi) is 12.7. The first-order valence-electron chi connectivity index (χ1n) is 9.83. The van der Waals surface area contributed by atoms with Crippen LogP contribution in [0.3, 0.4) is 0 Å². The fourth-order valence-corrected chi connectivity index (χ4v) is 2.43. The lowest BCUT2D eigenvalue weighted by atomic mass is 10.1. The van der Waals surface area contributed by atoms with Gasteiger partial charge in [0.2, 0.25) is 0 Å². The van der Waals surface area contributed by atoms with Crippen LogP contribution < -0.4 is 4.74 Å². The topological polar surface area (TPSA) is 82.1 Å². The van der Waals surface area contributed by atoms with E-state index in [1.54, 1.807) is 6.08 Å². The van der Waals surface area contributed by atoms with Crippen molar-refractivity contribution in [2.75, 3.05) is 26.9 Å². The molecule has 0 spiro atoms. The highest BCUT2D eigenvalue weighted by atomic mass is 16.5. The van der Waals surface area contributed by atoms with Gasteiger partial charge in [0.25, 0.3) is 0 Å². The molecule has 0 amide bonds. The van der Waals surface area contributed by atoms with Crippen LogP contribution in [0.5, 0.6) is 5.75 Å². The van der Waals surface area contributed by atoms with Crippen molar-refractivity contribution in [3.05, 3.63) is 35.4 Å². The molecule has 0 aliphatic carbocycles. The molecule has 0 fully saturated rings. The average molecular weight is 402 g/mol. The molecule has 0 aliphatic heterocycles. The predicted octanol–water partition coefficient (Wildman–Crippen LogP) is 3.50. The molecule has 0 saturated carbocycles. The Hall–Kier alpha value is -2.78. The lowest BCUT2D eigenvalue weighted by molar-refractivity contribution is -0.141. The molecule has 0 atom stereocenters. The van der Waals surface area contributed by atoms with Crippen molar-refractivity contribution in [3.8, 4) is 17.6 Å². The molecule has 0 bridgehead atoms. The summed E-state index contributed by atoms with van der Waals surface area (Å²) in [7, 11) is 1.33. The fourth-order valence-electron chi connectivity index (χ4n) is 2.43. The van der Waals surface area contributed by atoms with Crippen molar-refractivity contribution in [3.63, 3.8) is 0 Å². The number of unbranched alkanes of at least 4 members (excludes halogenated alkanes) is 4. The minimum atomic E-state index is -0.452. The first kappa shape index (κ1) is 24.3. The van der Waals surface area contributed by atoms with Gasteiger partial charge in [0.05, 0.1) is 20.3 Å². The molecule has 6 heteroatoms. The smallest absolute Gasteiger partial charge is 0.330 e. The van der Waals surface area contributed by atoms with Crippen LogP contribution in [-0.2, 0) is 19.1 Å². The first-order valence-corrected chi connectivity index (χ1v) is 9.83. The zero-order valence-electron chi connectivity index (χ0n) is 17.2. The molecule has 0 radical (unpaired) electrons. The van der Waals surface area contributed by atoms with Crippen LogP contribution in [0.15, 0.2) is 24.3 Å². The summed E-state index contributed by atoms with van der Waals surface area (Å²) < 4.78 is 15.5. The van der Waals surface area contributed by atoms with E-state index in [1.807, 2.05) is 18.2 Å². The standard InChI is InChI=1S/C23H30O6/c1-19(25)28-17-8-5-9-18-29-22-13-10-12-20(11-6-3-4-7-16-24)21(22)14-15-23(26)27-2/h10,12-15,24H,3-5,7-9,16-18H2,1-2H3/b15-14+. The Balaban J connectivity index is 2.76. The molecular weight excluding hydrogens is 372 g/mol. The van der Waals surface area contributed by atoms with Gasteiger partial charge in [0, 0.05) is 37.2 Å². The Bertz CT molecular complexity index is 727. The third kappa shape index (κ3) is 11.0. The lowest BCUT2D eigenvalue weighted by Gasteiger charge is -2.11. The summed E-state index contributed by atoms with van der Waals surface area (Å²) in [6, 6.07) is 5.58. The van der Waals surface area contributed by atoms with Crippen molar-refractivity contribution in [1.82, 2.24) is 0 Å². The highest BCUT2D eigenvalue weighted by Gasteiger charge is 2.07. The van der Waals surface area contributed by atoms with Gasteiger partial charge in [-0.05, 0) is 50.3 Å². The van der Waals surface area contributed by atoms with Crippen LogP contribution in [0.4, 0.5) is 0 Å². The third-order valence-corrected chi connectivity index (χ3v) is 3.94. The molecular formula is C23H30O6. The molecule has 1 N–H and O–H groups in total. The van der Waals surface area contributed by atoms with Crippen molar-refractivity contribution in [2.24, 2.45) is 0 Å². The quantitative estimate of drug-likeness (QED) is 0.249. The third-order valence-electron chi connectivity index (χ3n) is 3.94. The first-order chi connectivity index (χ1) is 14.1. The average Bonchev–Trinajstić information content (AvgIpc) is 2.71. The monoisotopic (exact) mass is 402 g/mol. The Morgan fingerprint density at radius 2 is 1.90 bits per heavy atom. The molecule has 1 aromatic carbocycles. The molecule has 0 aliphatic rings. The summed E-state index contributed by atoms with van der Waals surface area (Å²) in [5.41, 5.74) is 1.49. The number of hydrogen-bond donors (Lipinski definition) is 1. The SMILES string of the molecule is COC(=O)/C=C/c1c(C#CCCCCO)cccc1OCCCCCOC(C)=O. The normalized spacial score (nSPS) is 10.3. The van der Waals surface area contributed by atoms with E-state index >= 15 is 0 Å². The zero-order valence-corrected chi connectivity index (χ0v) is 17.2. The van der Waals surface area contributed by atoms with Crippen LogP contribution >= 0.6 is 0 Å². The van der Waals surface area contributed by atoms with Crippen molar-refractivity contribution >= 4 is 18.0 Å². The maximum absolute atomic E-state index is 11.5. The molecule has 6 nitrogen and oxygen atoms in total. The highest BCUT2D eigenvalue weighted by Crippen LogP contribution is 2.24. The molecule has 1 aromatic rings. The summed E-state index contributed by atoms with van der Waals surface area (Å²) in [6.07, 6.45) is 7.73. The summed E-state index contributed by atoms with van der Waals surface area (Å²) in [5.74, 6) is 6.14. The van der Waals surface area contributed by atoms with E-state index in [2.05, 4.69) is 16.6 Å². The van der Waals surface area contributed by atoms with E-state index < -0.39 is 5.97 Å². The molecule has 0 aromatic heterocycles. The van der Waals surface area contributed by atoms with E-state index in [4.69, 9.17) is 14.6 Å². The number of aliphatic hydroxyl groups excluding tert-OH is 1. The van der Waals surface area contributed by atoms with Crippen molar-refractivity contribution in [2.45, 2.75) is 45.4 Å². The maximum Gasteiger partial charge on any atom is 0.330 e. The number of esters is 2. The van der Waals surface area contributed by atoms with Gasteiger partial charge < -0.3 is 19.3 Å². The van der Waals surface area contributed by atoms with Crippen molar-refractivity contribution < 1.29 is 28.9 Å². The number of ether oxygens (including phenoxy) is 3. The maximum atomic E-state index is 11.5. The Labute approximate surface area is 172 Å². The van der Waals surface area contributed by atoms with E-state index in [0.29, 0.717) is 25.4 Å². The number of aliphatic hydroxyl groups is 1. The molecule has 158 valence electrons. The Morgan fingerprint density at radius 1 is 1.10 bits per heavy atom. The van der Waals surface area contributed by atoms with Gasteiger partial charge in [0.15, 0.2) is 0 Å². The van der Waals surface area contributed by atoms with Crippen LogP contribution in [-0.4, -0.2) is 44.0 Å². The highest BCUT2D eigenvalue weighted by molar-refractivity contribution is 5.88. The van der Waals surface area contributed by atoms with Gasteiger partial charge in [-0.3, -0.25) is 4.79 Å². The van der Waals surface area contributed by atoms with Crippen LogP contribution in [0.2, 0.25) is 0 Å². The fraction of sp³-hybridized carbons (Fsp3) is 0.478. The summed E-state index contributed by atoms with van der Waals surface area (Å²) >= 11 is 0. The number of hydrogen-bond acceptors (Lipinski definition) is 6. The van der Waals surface area contributed by atoms with Crippen LogP contribution in [0.1, 0.15) is 56.6 Å². The number of rotatable bonds is 12. The largest absolute Gasteiger partial charge is 0.493 e.